The zero-order valence-corrected chi connectivity index (χ0v) is 20.4. The minimum Gasteiger partial charge on any atom is -0.354 e. The molecule has 0 aliphatic carbocycles. The maximum absolute atomic E-state index is 12.9. The number of likely N-dealkylation sites (N-methyl/N-ethyl adjacent to an activating group) is 1. The molecular formula is C26H35N3O3S. The lowest BCUT2D eigenvalue weighted by molar-refractivity contribution is -0.126. The predicted molar refractivity (Wildman–Crippen MR) is 134 cm³/mol. The number of rotatable bonds is 10. The SMILES string of the molecule is CCN(CC)[C@H](CNC(=O)C1CCN(S(=O)(=O)/C=C/c2ccccc2)CC1)c1ccccc1. The van der Waals surface area contributed by atoms with Gasteiger partial charge >= 0.3 is 0 Å². The average Bonchev–Trinajstić information content (AvgIpc) is 2.86. The van der Waals surface area contributed by atoms with E-state index in [1.165, 1.54) is 15.3 Å². The molecule has 2 aromatic carbocycles. The van der Waals surface area contributed by atoms with Crippen LogP contribution in [-0.2, 0) is 14.8 Å². The van der Waals surface area contributed by atoms with Crippen LogP contribution in [0.2, 0.25) is 0 Å². The third-order valence-corrected chi connectivity index (χ3v) is 7.89. The molecule has 178 valence electrons. The number of hydrogen-bond donors (Lipinski definition) is 1. The van der Waals surface area contributed by atoms with Crippen LogP contribution >= 0.6 is 0 Å². The van der Waals surface area contributed by atoms with Crippen molar-refractivity contribution < 1.29 is 13.2 Å². The zero-order chi connectivity index (χ0) is 23.7. The molecule has 0 radical (unpaired) electrons. The van der Waals surface area contributed by atoms with Gasteiger partial charge in [-0.3, -0.25) is 9.69 Å². The summed E-state index contributed by atoms with van der Waals surface area (Å²) in [6, 6.07) is 19.7. The van der Waals surface area contributed by atoms with Gasteiger partial charge in [-0.2, -0.15) is 4.31 Å². The van der Waals surface area contributed by atoms with Crippen LogP contribution in [0.1, 0.15) is 43.9 Å². The number of hydrogen-bond acceptors (Lipinski definition) is 4. The summed E-state index contributed by atoms with van der Waals surface area (Å²) in [7, 11) is -3.50. The van der Waals surface area contributed by atoms with Crippen molar-refractivity contribution in [1.29, 1.82) is 0 Å². The molecule has 7 heteroatoms. The highest BCUT2D eigenvalue weighted by Gasteiger charge is 2.30. The van der Waals surface area contributed by atoms with E-state index in [9.17, 15) is 13.2 Å². The fourth-order valence-electron chi connectivity index (χ4n) is 4.33. The van der Waals surface area contributed by atoms with Crippen molar-refractivity contribution in [1.82, 2.24) is 14.5 Å². The van der Waals surface area contributed by atoms with Crippen LogP contribution in [0.5, 0.6) is 0 Å². The molecule has 1 fully saturated rings. The van der Waals surface area contributed by atoms with Gasteiger partial charge in [0.05, 0.1) is 6.04 Å². The highest BCUT2D eigenvalue weighted by atomic mass is 32.2. The maximum atomic E-state index is 12.9. The molecule has 1 aliphatic heterocycles. The Balaban J connectivity index is 1.54. The summed E-state index contributed by atoms with van der Waals surface area (Å²) < 4.78 is 26.8. The molecule has 2 aromatic rings. The molecule has 1 atom stereocenters. The van der Waals surface area contributed by atoms with Crippen LogP contribution < -0.4 is 5.32 Å². The summed E-state index contributed by atoms with van der Waals surface area (Å²) in [6.45, 7) is 7.32. The fourth-order valence-corrected chi connectivity index (χ4v) is 5.55. The van der Waals surface area contributed by atoms with Crippen LogP contribution in [0, 0.1) is 5.92 Å². The van der Waals surface area contributed by atoms with E-state index in [1.54, 1.807) is 6.08 Å². The van der Waals surface area contributed by atoms with Gasteiger partial charge in [0, 0.05) is 31.0 Å². The highest BCUT2D eigenvalue weighted by Crippen LogP contribution is 2.23. The Morgan fingerprint density at radius 3 is 2.18 bits per heavy atom. The van der Waals surface area contributed by atoms with Gasteiger partial charge in [0.15, 0.2) is 0 Å². The Morgan fingerprint density at radius 2 is 1.61 bits per heavy atom. The molecule has 6 nitrogen and oxygen atoms in total. The Kier molecular flexibility index (Phi) is 9.23. The topological polar surface area (TPSA) is 69.7 Å². The van der Waals surface area contributed by atoms with Crippen molar-refractivity contribution in [2.24, 2.45) is 5.92 Å². The molecule has 0 aromatic heterocycles. The van der Waals surface area contributed by atoms with Crippen LogP contribution in [0.4, 0.5) is 0 Å². The lowest BCUT2D eigenvalue weighted by atomic mass is 9.97. The van der Waals surface area contributed by atoms with Crippen LogP contribution in [0.25, 0.3) is 6.08 Å². The summed E-state index contributed by atoms with van der Waals surface area (Å²) in [4.78, 5) is 15.2. The summed E-state index contributed by atoms with van der Waals surface area (Å²) >= 11 is 0. The normalized spacial score (nSPS) is 16.8. The number of nitrogens with one attached hydrogen (secondary N) is 1. The van der Waals surface area contributed by atoms with Gasteiger partial charge in [-0.05, 0) is 43.1 Å². The molecule has 1 N–H and O–H groups in total. The van der Waals surface area contributed by atoms with Crippen LogP contribution in [0.15, 0.2) is 66.1 Å². The molecule has 0 spiro atoms. The first-order valence-corrected chi connectivity index (χ1v) is 13.2. The van der Waals surface area contributed by atoms with Crippen LogP contribution in [-0.4, -0.2) is 56.3 Å². The Hall–Kier alpha value is -2.48. The lowest BCUT2D eigenvalue weighted by Gasteiger charge is -2.32. The second-order valence-corrected chi connectivity index (χ2v) is 10.1. The van der Waals surface area contributed by atoms with Crippen molar-refractivity contribution in [3.05, 3.63) is 77.2 Å². The summed E-state index contributed by atoms with van der Waals surface area (Å²) in [6.07, 6.45) is 2.68. The monoisotopic (exact) mass is 469 g/mol. The van der Waals surface area contributed by atoms with Gasteiger partial charge in [0.1, 0.15) is 0 Å². The smallest absolute Gasteiger partial charge is 0.236 e. The van der Waals surface area contributed by atoms with E-state index in [2.05, 4.69) is 36.2 Å². The second-order valence-electron chi connectivity index (χ2n) is 8.32. The molecule has 1 aliphatic rings. The van der Waals surface area contributed by atoms with Gasteiger partial charge in [-0.15, -0.1) is 0 Å². The Labute approximate surface area is 198 Å². The van der Waals surface area contributed by atoms with E-state index in [1.807, 2.05) is 48.5 Å². The first-order valence-electron chi connectivity index (χ1n) is 11.7. The van der Waals surface area contributed by atoms with Crippen molar-refractivity contribution in [2.75, 3.05) is 32.7 Å². The third kappa shape index (κ3) is 7.00. The van der Waals surface area contributed by atoms with Crippen molar-refractivity contribution in [2.45, 2.75) is 32.7 Å². The van der Waals surface area contributed by atoms with Gasteiger partial charge in [-0.25, -0.2) is 8.42 Å². The Bertz CT molecular complexity index is 998. The first-order chi connectivity index (χ1) is 15.9. The largest absolute Gasteiger partial charge is 0.354 e. The number of amides is 1. The van der Waals surface area contributed by atoms with Crippen molar-refractivity contribution in [3.63, 3.8) is 0 Å². The Morgan fingerprint density at radius 1 is 1.03 bits per heavy atom. The molecule has 3 rings (SSSR count). The second kappa shape index (κ2) is 12.1. The number of benzene rings is 2. The van der Waals surface area contributed by atoms with E-state index < -0.39 is 10.0 Å². The fraction of sp³-hybridized carbons (Fsp3) is 0.423. The molecule has 0 saturated carbocycles. The zero-order valence-electron chi connectivity index (χ0n) is 19.6. The molecular weight excluding hydrogens is 434 g/mol. The molecule has 1 saturated heterocycles. The lowest BCUT2D eigenvalue weighted by Crippen LogP contribution is -2.44. The van der Waals surface area contributed by atoms with E-state index >= 15 is 0 Å². The van der Waals surface area contributed by atoms with E-state index in [-0.39, 0.29) is 17.9 Å². The van der Waals surface area contributed by atoms with Gasteiger partial charge in [-0.1, -0.05) is 74.5 Å². The maximum Gasteiger partial charge on any atom is 0.236 e. The van der Waals surface area contributed by atoms with E-state index in [4.69, 9.17) is 0 Å². The third-order valence-electron chi connectivity index (χ3n) is 6.32. The molecule has 0 unspecified atom stereocenters. The number of nitrogens with zero attached hydrogens (tertiary/aromatic N) is 2. The average molecular weight is 470 g/mol. The molecule has 1 heterocycles. The van der Waals surface area contributed by atoms with Crippen molar-refractivity contribution in [3.8, 4) is 0 Å². The van der Waals surface area contributed by atoms with Gasteiger partial charge in [0.25, 0.3) is 0 Å². The van der Waals surface area contributed by atoms with E-state index in [0.29, 0.717) is 32.5 Å². The first kappa shape index (κ1) is 25.1. The summed E-state index contributed by atoms with van der Waals surface area (Å²) in [5, 5.41) is 4.40. The van der Waals surface area contributed by atoms with Crippen LogP contribution in [0.3, 0.4) is 0 Å². The summed E-state index contributed by atoms with van der Waals surface area (Å²) in [5.74, 6) is -0.150. The predicted octanol–water partition coefficient (Wildman–Crippen LogP) is 3.90. The minimum atomic E-state index is -3.50. The molecule has 1 amide bonds. The minimum absolute atomic E-state index is 0.0139. The summed E-state index contributed by atoms with van der Waals surface area (Å²) in [5.41, 5.74) is 2.03. The molecule has 0 bridgehead atoms. The number of piperidine rings is 1. The van der Waals surface area contributed by atoms with Gasteiger partial charge < -0.3 is 5.32 Å². The number of carbonyl (C=O) groups excluding carboxylic acids is 1. The number of carbonyl (C=O) groups is 1. The van der Waals surface area contributed by atoms with Gasteiger partial charge in [0.2, 0.25) is 15.9 Å². The highest BCUT2D eigenvalue weighted by molar-refractivity contribution is 7.92. The standard InChI is InChI=1S/C26H35N3O3S/c1-3-28(4-2)25(23-13-9-6-10-14-23)21-27-26(30)24-15-18-29(19-16-24)33(31,32)20-17-22-11-7-5-8-12-22/h5-14,17,20,24-25H,3-4,15-16,18-19,21H2,1-2H3,(H,27,30)/b20-17+/t25-/m1/s1. The molecule has 33 heavy (non-hydrogen) atoms. The number of sulfonamides is 1. The van der Waals surface area contributed by atoms with E-state index in [0.717, 1.165) is 18.7 Å². The van der Waals surface area contributed by atoms with Crippen molar-refractivity contribution >= 4 is 22.0 Å². The quantitative estimate of drug-likeness (QED) is 0.573.